The van der Waals surface area contributed by atoms with E-state index in [1.807, 2.05) is 60.7 Å². The predicted molar refractivity (Wildman–Crippen MR) is 107 cm³/mol. The Kier molecular flexibility index (Phi) is 4.85. The van der Waals surface area contributed by atoms with Crippen molar-refractivity contribution in [1.29, 1.82) is 0 Å². The monoisotopic (exact) mass is 371 g/mol. The molecule has 4 rings (SSSR count). The van der Waals surface area contributed by atoms with E-state index in [0.717, 1.165) is 27.7 Å². The molecule has 138 valence electrons. The molecule has 4 aromatic rings. The first-order valence-corrected chi connectivity index (χ1v) is 8.96. The predicted octanol–water partition coefficient (Wildman–Crippen LogP) is 5.35. The average molecular weight is 371 g/mol. The molecule has 0 radical (unpaired) electrons. The number of halogens is 1. The summed E-state index contributed by atoms with van der Waals surface area (Å²) in [5.41, 5.74) is 3.96. The molecule has 0 saturated heterocycles. The normalized spacial score (nSPS) is 11.9. The van der Waals surface area contributed by atoms with Gasteiger partial charge in [0.1, 0.15) is 11.7 Å². The van der Waals surface area contributed by atoms with Gasteiger partial charge in [-0.2, -0.15) is 0 Å². The SMILES string of the molecule is COC(=O)C(c1ccc(F)cc1)c1cc(-c2ccccc2)nc2ccccc12. The number of carbonyl (C=O) groups excluding carboxylic acids is 1. The summed E-state index contributed by atoms with van der Waals surface area (Å²) in [7, 11) is 1.36. The van der Waals surface area contributed by atoms with Crippen LogP contribution in [0.1, 0.15) is 17.0 Å². The third-order valence-electron chi connectivity index (χ3n) is 4.77. The molecule has 1 unspecified atom stereocenters. The maximum Gasteiger partial charge on any atom is 0.317 e. The fourth-order valence-electron chi connectivity index (χ4n) is 3.41. The number of esters is 1. The minimum Gasteiger partial charge on any atom is -0.468 e. The summed E-state index contributed by atoms with van der Waals surface area (Å²) in [6.45, 7) is 0. The molecule has 0 bridgehead atoms. The van der Waals surface area contributed by atoms with Crippen LogP contribution in [0.3, 0.4) is 0 Å². The van der Waals surface area contributed by atoms with E-state index in [9.17, 15) is 9.18 Å². The van der Waals surface area contributed by atoms with Gasteiger partial charge in [0.05, 0.1) is 18.3 Å². The second-order valence-corrected chi connectivity index (χ2v) is 6.49. The molecule has 0 amide bonds. The maximum absolute atomic E-state index is 13.4. The Hall–Kier alpha value is -3.53. The van der Waals surface area contributed by atoms with Crippen LogP contribution in [0.5, 0.6) is 0 Å². The van der Waals surface area contributed by atoms with Gasteiger partial charge in [0, 0.05) is 10.9 Å². The lowest BCUT2D eigenvalue weighted by atomic mass is 9.88. The second-order valence-electron chi connectivity index (χ2n) is 6.49. The fourth-order valence-corrected chi connectivity index (χ4v) is 3.41. The van der Waals surface area contributed by atoms with E-state index in [1.54, 1.807) is 12.1 Å². The van der Waals surface area contributed by atoms with Crippen LogP contribution in [-0.2, 0) is 9.53 Å². The third-order valence-corrected chi connectivity index (χ3v) is 4.77. The van der Waals surface area contributed by atoms with Crippen molar-refractivity contribution in [2.24, 2.45) is 0 Å². The number of benzene rings is 3. The van der Waals surface area contributed by atoms with Crippen LogP contribution in [0.2, 0.25) is 0 Å². The van der Waals surface area contributed by atoms with Crippen LogP contribution >= 0.6 is 0 Å². The van der Waals surface area contributed by atoms with Crippen molar-refractivity contribution in [2.45, 2.75) is 5.92 Å². The number of pyridine rings is 1. The Morgan fingerprint density at radius 2 is 1.61 bits per heavy atom. The van der Waals surface area contributed by atoms with Crippen LogP contribution in [0.25, 0.3) is 22.2 Å². The lowest BCUT2D eigenvalue weighted by Gasteiger charge is -2.19. The van der Waals surface area contributed by atoms with Crippen LogP contribution in [-0.4, -0.2) is 18.1 Å². The number of rotatable bonds is 4. The lowest BCUT2D eigenvalue weighted by molar-refractivity contribution is -0.141. The van der Waals surface area contributed by atoms with Gasteiger partial charge in [-0.15, -0.1) is 0 Å². The van der Waals surface area contributed by atoms with Crippen LogP contribution in [0, 0.1) is 5.82 Å². The molecule has 0 aliphatic rings. The smallest absolute Gasteiger partial charge is 0.317 e. The molecule has 0 spiro atoms. The molecule has 0 fully saturated rings. The number of fused-ring (bicyclic) bond motifs is 1. The first kappa shape index (κ1) is 17.9. The van der Waals surface area contributed by atoms with E-state index in [0.29, 0.717) is 5.56 Å². The molecule has 0 aliphatic carbocycles. The molecule has 3 nitrogen and oxygen atoms in total. The number of methoxy groups -OCH3 is 1. The van der Waals surface area contributed by atoms with Crippen LogP contribution in [0.4, 0.5) is 4.39 Å². The number of hydrogen-bond acceptors (Lipinski definition) is 3. The molecular formula is C24H18FNO2. The number of aromatic nitrogens is 1. The molecule has 3 aromatic carbocycles. The van der Waals surface area contributed by atoms with Crippen LogP contribution < -0.4 is 0 Å². The van der Waals surface area contributed by atoms with Gasteiger partial charge >= 0.3 is 5.97 Å². The topological polar surface area (TPSA) is 39.2 Å². The third kappa shape index (κ3) is 3.37. The second kappa shape index (κ2) is 7.61. The van der Waals surface area contributed by atoms with Gasteiger partial charge in [0.2, 0.25) is 0 Å². The van der Waals surface area contributed by atoms with Crippen molar-refractivity contribution in [1.82, 2.24) is 4.98 Å². The fraction of sp³-hybridized carbons (Fsp3) is 0.0833. The molecular weight excluding hydrogens is 353 g/mol. The van der Waals surface area contributed by atoms with Crippen LogP contribution in [0.15, 0.2) is 84.9 Å². The Morgan fingerprint density at radius 1 is 0.929 bits per heavy atom. The maximum atomic E-state index is 13.4. The number of hydrogen-bond donors (Lipinski definition) is 0. The first-order chi connectivity index (χ1) is 13.7. The minimum absolute atomic E-state index is 0.350. The number of ether oxygens (including phenoxy) is 1. The molecule has 0 saturated carbocycles. The summed E-state index contributed by atoms with van der Waals surface area (Å²) < 4.78 is 18.5. The largest absolute Gasteiger partial charge is 0.468 e. The quantitative estimate of drug-likeness (QED) is 0.454. The van der Waals surface area contributed by atoms with Gasteiger partial charge in [-0.05, 0) is 35.4 Å². The molecule has 0 N–H and O–H groups in total. The number of carbonyl (C=O) groups is 1. The van der Waals surface area contributed by atoms with Crippen molar-refractivity contribution in [2.75, 3.05) is 7.11 Å². The summed E-state index contributed by atoms with van der Waals surface area (Å²) in [6, 6.07) is 25.3. The van der Waals surface area contributed by atoms with E-state index >= 15 is 0 Å². The highest BCUT2D eigenvalue weighted by Gasteiger charge is 2.26. The molecule has 1 heterocycles. The van der Waals surface area contributed by atoms with E-state index in [1.165, 1.54) is 19.2 Å². The first-order valence-electron chi connectivity index (χ1n) is 8.96. The summed E-state index contributed by atoms with van der Waals surface area (Å²) in [5, 5.41) is 0.863. The highest BCUT2D eigenvalue weighted by atomic mass is 19.1. The van der Waals surface area contributed by atoms with E-state index in [4.69, 9.17) is 9.72 Å². The summed E-state index contributed by atoms with van der Waals surface area (Å²) >= 11 is 0. The summed E-state index contributed by atoms with van der Waals surface area (Å²) in [6.07, 6.45) is 0. The molecule has 1 aromatic heterocycles. The van der Waals surface area contributed by atoms with Crippen molar-refractivity contribution in [3.05, 3.63) is 102 Å². The van der Waals surface area contributed by atoms with Crippen molar-refractivity contribution >= 4 is 16.9 Å². The minimum atomic E-state index is -0.680. The molecule has 0 aliphatic heterocycles. The van der Waals surface area contributed by atoms with Gasteiger partial charge in [-0.3, -0.25) is 4.79 Å². The van der Waals surface area contributed by atoms with Gasteiger partial charge in [0.15, 0.2) is 0 Å². The lowest BCUT2D eigenvalue weighted by Crippen LogP contribution is -2.16. The zero-order valence-electron chi connectivity index (χ0n) is 15.3. The molecule has 1 atom stereocenters. The average Bonchev–Trinajstić information content (AvgIpc) is 2.75. The van der Waals surface area contributed by atoms with Gasteiger partial charge in [0.25, 0.3) is 0 Å². The van der Waals surface area contributed by atoms with E-state index < -0.39 is 11.9 Å². The Morgan fingerprint density at radius 3 is 2.32 bits per heavy atom. The molecule has 28 heavy (non-hydrogen) atoms. The highest BCUT2D eigenvalue weighted by molar-refractivity contribution is 5.93. The summed E-state index contributed by atoms with van der Waals surface area (Å²) in [5.74, 6) is -1.43. The van der Waals surface area contributed by atoms with E-state index in [-0.39, 0.29) is 5.82 Å². The number of para-hydroxylation sites is 1. The summed E-state index contributed by atoms with van der Waals surface area (Å²) in [4.78, 5) is 17.5. The van der Waals surface area contributed by atoms with E-state index in [2.05, 4.69) is 0 Å². The Labute approximate surface area is 162 Å². The highest BCUT2D eigenvalue weighted by Crippen LogP contribution is 2.34. The standard InChI is InChI=1S/C24H18FNO2/c1-28-24(27)23(17-11-13-18(25)14-12-17)20-15-22(16-7-3-2-4-8-16)26-21-10-6-5-9-19(20)21/h2-15,23H,1H3. The Balaban J connectivity index is 1.98. The van der Waals surface area contributed by atoms with Crippen molar-refractivity contribution < 1.29 is 13.9 Å². The Bertz CT molecular complexity index is 1120. The van der Waals surface area contributed by atoms with Gasteiger partial charge in [-0.1, -0.05) is 60.7 Å². The zero-order chi connectivity index (χ0) is 19.5. The molecule has 4 heteroatoms. The van der Waals surface area contributed by atoms with Gasteiger partial charge in [-0.25, -0.2) is 9.37 Å². The van der Waals surface area contributed by atoms with Crippen molar-refractivity contribution in [3.63, 3.8) is 0 Å². The van der Waals surface area contributed by atoms with Gasteiger partial charge < -0.3 is 4.74 Å². The van der Waals surface area contributed by atoms with Crippen molar-refractivity contribution in [3.8, 4) is 11.3 Å². The zero-order valence-corrected chi connectivity index (χ0v) is 15.3. The number of nitrogens with zero attached hydrogens (tertiary/aromatic N) is 1.